The zero-order valence-corrected chi connectivity index (χ0v) is 12.8. The topological polar surface area (TPSA) is 41.9 Å². The number of ether oxygens (including phenoxy) is 2. The normalized spacial score (nSPS) is 19.8. The summed E-state index contributed by atoms with van der Waals surface area (Å²) in [7, 11) is 1.81. The lowest BCUT2D eigenvalue weighted by Gasteiger charge is -2.21. The van der Waals surface area contributed by atoms with Gasteiger partial charge < -0.3 is 14.6 Å². The highest BCUT2D eigenvalue weighted by molar-refractivity contribution is 5.17. The van der Waals surface area contributed by atoms with E-state index in [0.717, 1.165) is 25.5 Å². The average molecular weight is 315 g/mol. The molecule has 1 aliphatic rings. The third-order valence-corrected chi connectivity index (χ3v) is 3.60. The maximum absolute atomic E-state index is 13.1. The van der Waals surface area contributed by atoms with Crippen LogP contribution < -0.4 is 0 Å². The van der Waals surface area contributed by atoms with Crippen molar-refractivity contribution >= 4 is 0 Å². The Labute approximate surface area is 129 Å². The van der Waals surface area contributed by atoms with Crippen molar-refractivity contribution < 1.29 is 23.4 Å². The van der Waals surface area contributed by atoms with Gasteiger partial charge in [-0.05, 0) is 37.6 Å². The number of halogens is 2. The molecule has 2 unspecified atom stereocenters. The maximum Gasteiger partial charge on any atom is 0.159 e. The minimum atomic E-state index is -0.855. The number of hydrogen-bond donors (Lipinski definition) is 1. The van der Waals surface area contributed by atoms with Gasteiger partial charge in [-0.1, -0.05) is 6.07 Å². The second kappa shape index (κ2) is 8.53. The first-order valence-electron chi connectivity index (χ1n) is 7.54. The van der Waals surface area contributed by atoms with Crippen LogP contribution in [0.5, 0.6) is 0 Å². The van der Waals surface area contributed by atoms with Gasteiger partial charge in [-0.2, -0.15) is 0 Å². The molecule has 0 aliphatic carbocycles. The third-order valence-electron chi connectivity index (χ3n) is 3.60. The molecule has 1 aromatic carbocycles. The van der Waals surface area contributed by atoms with Crippen molar-refractivity contribution in [2.24, 2.45) is 0 Å². The van der Waals surface area contributed by atoms with E-state index >= 15 is 0 Å². The molecule has 1 aromatic rings. The zero-order chi connectivity index (χ0) is 15.9. The number of aliphatic hydroxyl groups is 1. The standard InChI is InChI=1S/C16H23F2NO3/c1-19(8-12-4-5-15(17)16(18)7-12)9-13(20)10-21-11-14-3-2-6-22-14/h4-5,7,13-14,20H,2-3,6,8-11H2,1H3. The largest absolute Gasteiger partial charge is 0.389 e. The maximum atomic E-state index is 13.1. The molecule has 1 aliphatic heterocycles. The summed E-state index contributed by atoms with van der Waals surface area (Å²) >= 11 is 0. The Kier molecular flexibility index (Phi) is 6.70. The molecule has 124 valence electrons. The summed E-state index contributed by atoms with van der Waals surface area (Å²) in [6.45, 7) is 2.35. The summed E-state index contributed by atoms with van der Waals surface area (Å²) in [4.78, 5) is 1.84. The molecule has 0 radical (unpaired) electrons. The molecule has 0 saturated carbocycles. The third kappa shape index (κ3) is 5.61. The van der Waals surface area contributed by atoms with Gasteiger partial charge in [0.1, 0.15) is 0 Å². The van der Waals surface area contributed by atoms with E-state index in [-0.39, 0.29) is 12.7 Å². The Morgan fingerprint density at radius 2 is 2.23 bits per heavy atom. The number of benzene rings is 1. The molecule has 4 nitrogen and oxygen atoms in total. The average Bonchev–Trinajstić information content (AvgIpc) is 2.96. The fourth-order valence-electron chi connectivity index (χ4n) is 2.54. The Morgan fingerprint density at radius 1 is 1.41 bits per heavy atom. The fraction of sp³-hybridized carbons (Fsp3) is 0.625. The smallest absolute Gasteiger partial charge is 0.159 e. The van der Waals surface area contributed by atoms with Gasteiger partial charge in [-0.15, -0.1) is 0 Å². The molecular formula is C16H23F2NO3. The highest BCUT2D eigenvalue weighted by Crippen LogP contribution is 2.12. The first-order chi connectivity index (χ1) is 10.5. The van der Waals surface area contributed by atoms with E-state index in [2.05, 4.69) is 0 Å². The van der Waals surface area contributed by atoms with Gasteiger partial charge in [0, 0.05) is 19.7 Å². The van der Waals surface area contributed by atoms with Crippen LogP contribution in [0.4, 0.5) is 8.78 Å². The highest BCUT2D eigenvalue weighted by atomic mass is 19.2. The summed E-state index contributed by atoms with van der Waals surface area (Å²) in [6, 6.07) is 3.82. The molecule has 1 heterocycles. The molecule has 1 N–H and O–H groups in total. The van der Waals surface area contributed by atoms with E-state index in [0.29, 0.717) is 25.3 Å². The highest BCUT2D eigenvalue weighted by Gasteiger charge is 2.16. The zero-order valence-electron chi connectivity index (χ0n) is 12.8. The molecule has 0 aromatic heterocycles. The number of hydrogen-bond acceptors (Lipinski definition) is 4. The van der Waals surface area contributed by atoms with Crippen LogP contribution >= 0.6 is 0 Å². The number of rotatable bonds is 8. The molecule has 1 saturated heterocycles. The first-order valence-corrected chi connectivity index (χ1v) is 7.54. The molecule has 22 heavy (non-hydrogen) atoms. The van der Waals surface area contributed by atoms with E-state index < -0.39 is 17.7 Å². The van der Waals surface area contributed by atoms with Crippen LogP contribution in [0.2, 0.25) is 0 Å². The Hall–Kier alpha value is -1.08. The minimum Gasteiger partial charge on any atom is -0.389 e. The Balaban J connectivity index is 1.66. The summed E-state index contributed by atoms with van der Waals surface area (Å²) in [5.41, 5.74) is 0.661. The van der Waals surface area contributed by atoms with Gasteiger partial charge in [0.2, 0.25) is 0 Å². The Morgan fingerprint density at radius 3 is 2.91 bits per heavy atom. The van der Waals surface area contributed by atoms with Crippen LogP contribution in [0.15, 0.2) is 18.2 Å². The van der Waals surface area contributed by atoms with E-state index in [1.807, 2.05) is 11.9 Å². The molecule has 0 amide bonds. The summed E-state index contributed by atoms with van der Waals surface area (Å²) < 4.78 is 36.9. The lowest BCUT2D eigenvalue weighted by molar-refractivity contribution is -0.0238. The summed E-state index contributed by atoms with van der Waals surface area (Å²) in [6.07, 6.45) is 1.59. The predicted octanol–water partition coefficient (Wildman–Crippen LogP) is 1.95. The van der Waals surface area contributed by atoms with Crippen LogP contribution in [0.25, 0.3) is 0 Å². The van der Waals surface area contributed by atoms with Gasteiger partial charge >= 0.3 is 0 Å². The molecule has 0 spiro atoms. The molecule has 2 atom stereocenters. The predicted molar refractivity (Wildman–Crippen MR) is 78.5 cm³/mol. The lowest BCUT2D eigenvalue weighted by atomic mass is 10.2. The van der Waals surface area contributed by atoms with E-state index in [1.54, 1.807) is 0 Å². The molecule has 0 bridgehead atoms. The van der Waals surface area contributed by atoms with Crippen LogP contribution in [0, 0.1) is 11.6 Å². The Bertz CT molecular complexity index is 467. The van der Waals surface area contributed by atoms with Gasteiger partial charge in [0.05, 0.1) is 25.4 Å². The molecule has 2 rings (SSSR count). The monoisotopic (exact) mass is 315 g/mol. The molecule has 1 fully saturated rings. The van der Waals surface area contributed by atoms with Crippen molar-refractivity contribution in [2.45, 2.75) is 31.6 Å². The van der Waals surface area contributed by atoms with E-state index in [1.165, 1.54) is 12.1 Å². The van der Waals surface area contributed by atoms with Crippen molar-refractivity contribution in [3.05, 3.63) is 35.4 Å². The number of likely N-dealkylation sites (N-methyl/N-ethyl adjacent to an activating group) is 1. The molecular weight excluding hydrogens is 292 g/mol. The van der Waals surface area contributed by atoms with Crippen molar-refractivity contribution in [3.8, 4) is 0 Å². The number of aliphatic hydroxyl groups excluding tert-OH is 1. The van der Waals surface area contributed by atoms with Crippen LogP contribution in [-0.2, 0) is 16.0 Å². The summed E-state index contributed by atoms with van der Waals surface area (Å²) in [5.74, 6) is -1.71. The number of nitrogens with zero attached hydrogens (tertiary/aromatic N) is 1. The van der Waals surface area contributed by atoms with Gasteiger partial charge in [-0.25, -0.2) is 8.78 Å². The van der Waals surface area contributed by atoms with Crippen LogP contribution in [-0.4, -0.2) is 55.6 Å². The van der Waals surface area contributed by atoms with Crippen molar-refractivity contribution in [1.29, 1.82) is 0 Å². The second-order valence-electron chi connectivity index (χ2n) is 5.77. The van der Waals surface area contributed by atoms with Crippen LogP contribution in [0.3, 0.4) is 0 Å². The SMILES string of the molecule is CN(Cc1ccc(F)c(F)c1)CC(O)COCC1CCCO1. The quantitative estimate of drug-likeness (QED) is 0.796. The molecule has 6 heteroatoms. The second-order valence-corrected chi connectivity index (χ2v) is 5.77. The van der Waals surface area contributed by atoms with E-state index in [9.17, 15) is 13.9 Å². The van der Waals surface area contributed by atoms with Crippen molar-refractivity contribution in [1.82, 2.24) is 4.90 Å². The van der Waals surface area contributed by atoms with Gasteiger partial charge in [-0.3, -0.25) is 4.90 Å². The summed E-state index contributed by atoms with van der Waals surface area (Å²) in [5, 5.41) is 9.93. The lowest BCUT2D eigenvalue weighted by Crippen LogP contribution is -2.32. The van der Waals surface area contributed by atoms with Gasteiger partial charge in [0.15, 0.2) is 11.6 Å². The van der Waals surface area contributed by atoms with Crippen LogP contribution in [0.1, 0.15) is 18.4 Å². The van der Waals surface area contributed by atoms with Crippen molar-refractivity contribution in [3.63, 3.8) is 0 Å². The van der Waals surface area contributed by atoms with Crippen molar-refractivity contribution in [2.75, 3.05) is 33.4 Å². The van der Waals surface area contributed by atoms with E-state index in [4.69, 9.17) is 9.47 Å². The van der Waals surface area contributed by atoms with Gasteiger partial charge in [0.25, 0.3) is 0 Å². The fourth-order valence-corrected chi connectivity index (χ4v) is 2.54. The first kappa shape index (κ1) is 17.3. The minimum absolute atomic E-state index is 0.145.